The first-order valence-electron chi connectivity index (χ1n) is 4.36. The van der Waals surface area contributed by atoms with E-state index in [0.717, 1.165) is 5.57 Å². The standard InChI is InChI=1S/C10H14ClNO2/c1-6-8(14)3-7(4-13)9(12)10(6,2)5-11/h3-4,9,14H,5,12H2,1-2H3. The third kappa shape index (κ3) is 1.47. The number of carbonyl (C=O) groups excluding carboxylic acids is 1. The van der Waals surface area contributed by atoms with Crippen LogP contribution in [0.5, 0.6) is 0 Å². The summed E-state index contributed by atoms with van der Waals surface area (Å²) in [7, 11) is 0. The van der Waals surface area contributed by atoms with Crippen molar-refractivity contribution in [1.82, 2.24) is 0 Å². The van der Waals surface area contributed by atoms with Gasteiger partial charge in [0.2, 0.25) is 0 Å². The molecule has 0 saturated carbocycles. The molecule has 3 N–H and O–H groups in total. The van der Waals surface area contributed by atoms with Gasteiger partial charge in [0.05, 0.1) is 0 Å². The Bertz CT molecular complexity index is 322. The summed E-state index contributed by atoms with van der Waals surface area (Å²) >= 11 is 5.83. The molecule has 0 fully saturated rings. The first kappa shape index (κ1) is 11.3. The van der Waals surface area contributed by atoms with Crippen molar-refractivity contribution >= 4 is 17.9 Å². The average molecular weight is 216 g/mol. The van der Waals surface area contributed by atoms with Gasteiger partial charge in [-0.3, -0.25) is 4.79 Å². The Hall–Kier alpha value is -0.800. The topological polar surface area (TPSA) is 63.3 Å². The molecule has 1 aliphatic carbocycles. The predicted molar refractivity (Wildman–Crippen MR) is 56.3 cm³/mol. The maximum atomic E-state index is 10.7. The number of nitrogens with two attached hydrogens (primary N) is 1. The fourth-order valence-corrected chi connectivity index (χ4v) is 1.91. The Morgan fingerprint density at radius 3 is 2.79 bits per heavy atom. The summed E-state index contributed by atoms with van der Waals surface area (Å²) in [6.07, 6.45) is 2.07. The molecule has 0 amide bonds. The second-order valence-corrected chi connectivity index (χ2v) is 4.07. The van der Waals surface area contributed by atoms with Crippen LogP contribution in [0.2, 0.25) is 0 Å². The SMILES string of the molecule is CC1=C(O)C=C(C=O)C(N)C1(C)CCl. The molecule has 0 saturated heterocycles. The van der Waals surface area contributed by atoms with Crippen molar-refractivity contribution in [2.24, 2.45) is 11.1 Å². The smallest absolute Gasteiger partial charge is 0.147 e. The molecule has 2 unspecified atom stereocenters. The van der Waals surface area contributed by atoms with Gasteiger partial charge in [0.1, 0.15) is 12.0 Å². The van der Waals surface area contributed by atoms with Crippen molar-refractivity contribution in [1.29, 1.82) is 0 Å². The molecular formula is C10H14ClNO2. The molecule has 0 aromatic carbocycles. The predicted octanol–water partition coefficient (Wildman–Crippen LogP) is 1.53. The zero-order chi connectivity index (χ0) is 10.9. The molecule has 14 heavy (non-hydrogen) atoms. The van der Waals surface area contributed by atoms with Gasteiger partial charge >= 0.3 is 0 Å². The van der Waals surface area contributed by atoms with Gasteiger partial charge in [-0.2, -0.15) is 0 Å². The lowest BCUT2D eigenvalue weighted by Crippen LogP contribution is -2.46. The van der Waals surface area contributed by atoms with E-state index in [4.69, 9.17) is 17.3 Å². The van der Waals surface area contributed by atoms with Crippen LogP contribution in [-0.2, 0) is 4.79 Å². The van der Waals surface area contributed by atoms with Crippen LogP contribution in [0.4, 0.5) is 0 Å². The van der Waals surface area contributed by atoms with Gasteiger partial charge in [-0.1, -0.05) is 6.92 Å². The normalized spacial score (nSPS) is 32.9. The van der Waals surface area contributed by atoms with Crippen LogP contribution in [0, 0.1) is 5.41 Å². The van der Waals surface area contributed by atoms with Crippen LogP contribution in [-0.4, -0.2) is 23.3 Å². The highest BCUT2D eigenvalue weighted by Crippen LogP contribution is 2.39. The van der Waals surface area contributed by atoms with Crippen molar-refractivity contribution in [3.8, 4) is 0 Å². The first-order chi connectivity index (χ1) is 6.47. The quantitative estimate of drug-likeness (QED) is 0.543. The van der Waals surface area contributed by atoms with Gasteiger partial charge in [0.25, 0.3) is 0 Å². The summed E-state index contributed by atoms with van der Waals surface area (Å²) in [4.78, 5) is 10.7. The van der Waals surface area contributed by atoms with E-state index >= 15 is 0 Å². The van der Waals surface area contributed by atoms with Gasteiger partial charge in [0, 0.05) is 22.9 Å². The van der Waals surface area contributed by atoms with E-state index in [1.54, 1.807) is 6.92 Å². The summed E-state index contributed by atoms with van der Waals surface area (Å²) in [5.74, 6) is 0.367. The lowest BCUT2D eigenvalue weighted by Gasteiger charge is -2.37. The average Bonchev–Trinajstić information content (AvgIpc) is 2.20. The zero-order valence-corrected chi connectivity index (χ0v) is 9.01. The molecule has 1 rings (SSSR count). The Morgan fingerprint density at radius 1 is 1.79 bits per heavy atom. The van der Waals surface area contributed by atoms with Gasteiger partial charge in [-0.25, -0.2) is 0 Å². The van der Waals surface area contributed by atoms with Gasteiger partial charge < -0.3 is 10.8 Å². The maximum absolute atomic E-state index is 10.7. The molecule has 0 aromatic heterocycles. The lowest BCUT2D eigenvalue weighted by molar-refractivity contribution is -0.105. The van der Waals surface area contributed by atoms with Crippen molar-refractivity contribution in [3.05, 3.63) is 23.0 Å². The Kier molecular flexibility index (Phi) is 3.02. The second kappa shape index (κ2) is 3.75. The molecule has 1 aliphatic rings. The molecule has 3 nitrogen and oxygen atoms in total. The number of alkyl halides is 1. The third-order valence-electron chi connectivity index (χ3n) is 3.00. The van der Waals surface area contributed by atoms with Crippen LogP contribution in [0.15, 0.2) is 23.0 Å². The number of halogens is 1. The van der Waals surface area contributed by atoms with Crippen LogP contribution in [0.25, 0.3) is 0 Å². The summed E-state index contributed by atoms with van der Waals surface area (Å²) in [6.45, 7) is 3.61. The van der Waals surface area contributed by atoms with Crippen LogP contribution < -0.4 is 5.73 Å². The number of allylic oxidation sites excluding steroid dienone is 1. The fourth-order valence-electron chi connectivity index (χ4n) is 1.54. The van der Waals surface area contributed by atoms with Crippen molar-refractivity contribution in [2.45, 2.75) is 19.9 Å². The molecule has 2 atom stereocenters. The molecule has 0 radical (unpaired) electrons. The summed E-state index contributed by atoms with van der Waals surface area (Å²) < 4.78 is 0. The van der Waals surface area contributed by atoms with E-state index in [-0.39, 0.29) is 11.6 Å². The van der Waals surface area contributed by atoms with Gasteiger partial charge in [-0.15, -0.1) is 11.6 Å². The maximum Gasteiger partial charge on any atom is 0.147 e. The molecule has 0 aromatic rings. The highest BCUT2D eigenvalue weighted by atomic mass is 35.5. The summed E-state index contributed by atoms with van der Waals surface area (Å²) in [5, 5.41) is 9.59. The summed E-state index contributed by atoms with van der Waals surface area (Å²) in [6, 6.07) is -0.451. The number of hydrogen-bond donors (Lipinski definition) is 2. The summed E-state index contributed by atoms with van der Waals surface area (Å²) in [5.41, 5.74) is 6.47. The number of rotatable bonds is 2. The fraction of sp³-hybridized carbons (Fsp3) is 0.500. The lowest BCUT2D eigenvalue weighted by atomic mass is 9.72. The molecule has 0 aliphatic heterocycles. The molecule has 4 heteroatoms. The van der Waals surface area contributed by atoms with E-state index < -0.39 is 11.5 Å². The molecule has 0 spiro atoms. The van der Waals surface area contributed by atoms with Crippen LogP contribution >= 0.6 is 11.6 Å². The number of aliphatic hydroxyl groups is 1. The van der Waals surface area contributed by atoms with E-state index in [0.29, 0.717) is 11.9 Å². The largest absolute Gasteiger partial charge is 0.508 e. The highest BCUT2D eigenvalue weighted by molar-refractivity contribution is 6.18. The zero-order valence-electron chi connectivity index (χ0n) is 8.25. The van der Waals surface area contributed by atoms with E-state index in [9.17, 15) is 9.90 Å². The minimum atomic E-state index is -0.545. The number of aldehydes is 1. The highest BCUT2D eigenvalue weighted by Gasteiger charge is 2.39. The minimum Gasteiger partial charge on any atom is -0.508 e. The molecule has 0 bridgehead atoms. The molecular weight excluding hydrogens is 202 g/mol. The number of aliphatic hydroxyl groups excluding tert-OH is 1. The minimum absolute atomic E-state index is 0.0944. The number of hydrogen-bond acceptors (Lipinski definition) is 3. The van der Waals surface area contributed by atoms with Gasteiger partial charge in [0.15, 0.2) is 0 Å². The number of carbonyl (C=O) groups is 1. The Morgan fingerprint density at radius 2 is 2.36 bits per heavy atom. The first-order valence-corrected chi connectivity index (χ1v) is 4.89. The van der Waals surface area contributed by atoms with Crippen molar-refractivity contribution < 1.29 is 9.90 Å². The van der Waals surface area contributed by atoms with Crippen LogP contribution in [0.3, 0.4) is 0 Å². The second-order valence-electron chi connectivity index (χ2n) is 3.80. The Balaban J connectivity index is 3.26. The van der Waals surface area contributed by atoms with Crippen molar-refractivity contribution in [2.75, 3.05) is 5.88 Å². The van der Waals surface area contributed by atoms with E-state index in [1.807, 2.05) is 6.92 Å². The van der Waals surface area contributed by atoms with Crippen LogP contribution in [0.1, 0.15) is 13.8 Å². The van der Waals surface area contributed by atoms with Gasteiger partial charge in [-0.05, 0) is 18.6 Å². The van der Waals surface area contributed by atoms with Crippen molar-refractivity contribution in [3.63, 3.8) is 0 Å². The molecule has 0 heterocycles. The molecule has 78 valence electrons. The van der Waals surface area contributed by atoms with E-state index in [1.165, 1.54) is 6.08 Å². The third-order valence-corrected chi connectivity index (χ3v) is 3.56. The monoisotopic (exact) mass is 215 g/mol. The Labute approximate surface area is 88.2 Å². The van der Waals surface area contributed by atoms with E-state index in [2.05, 4.69) is 0 Å².